The Labute approximate surface area is 262 Å². The van der Waals surface area contributed by atoms with E-state index in [1.54, 1.807) is 43.1 Å². The van der Waals surface area contributed by atoms with E-state index in [9.17, 15) is 19.2 Å². The molecule has 2 saturated heterocycles. The van der Waals surface area contributed by atoms with E-state index < -0.39 is 0 Å². The van der Waals surface area contributed by atoms with Crippen LogP contribution >= 0.6 is 23.1 Å². The molecule has 8 rings (SSSR count). The third-order valence-corrected chi connectivity index (χ3v) is 13.0. The summed E-state index contributed by atoms with van der Waals surface area (Å²) in [6, 6.07) is 14.9. The topological polar surface area (TPSA) is 109 Å². The lowest BCUT2D eigenvalue weighted by Crippen LogP contribution is -2.42. The van der Waals surface area contributed by atoms with Gasteiger partial charge in [-0.15, -0.1) is 11.8 Å². The number of hydrogen-bond acceptors (Lipinski definition) is 8. The number of fused-ring (bicyclic) bond motifs is 9. The number of aromatic amines is 1. The zero-order valence-electron chi connectivity index (χ0n) is 24.3. The molecule has 2 bridgehead atoms. The molecule has 11 heteroatoms. The van der Waals surface area contributed by atoms with E-state index in [-0.39, 0.29) is 70.0 Å². The fourth-order valence-corrected chi connectivity index (χ4v) is 11.4. The van der Waals surface area contributed by atoms with Gasteiger partial charge >= 0.3 is 4.87 Å². The number of benzene rings is 2. The highest BCUT2D eigenvalue weighted by atomic mass is 32.2. The van der Waals surface area contributed by atoms with E-state index in [4.69, 9.17) is 9.47 Å². The summed E-state index contributed by atoms with van der Waals surface area (Å²) in [4.78, 5) is 60.2. The number of ether oxygens (including phenoxy) is 2. The molecule has 0 spiro atoms. The van der Waals surface area contributed by atoms with Crippen LogP contribution in [0.5, 0.6) is 11.5 Å². The molecule has 44 heavy (non-hydrogen) atoms. The monoisotopic (exact) mass is 631 g/mol. The Hall–Kier alpha value is -3.57. The second kappa shape index (κ2) is 10.8. The Balaban J connectivity index is 1.07. The molecule has 2 saturated carbocycles. The fraction of sp³-hybridized carbons (Fsp3) is 0.455. The number of H-pyrrole nitrogens is 1. The molecular formula is C33H33N3O6S2. The standard InChI is InChI=1S/C33H33N3O6S2/c1-41-19-11-7-18(8-12-19)36-31(38)26-21-15-22(27(26)32(36)39)28-25(21)24(29-30(43-28)34-33(40)44-29)17-5-9-20(10-6-17)42-16-23(37)35-13-3-2-4-14-35/h5-12,21-22,24-28H,2-4,13-16H2,1H3,(H,34,40)/t21-,22-,24+,25-,26+,27+,28-/m1/s1. The Morgan fingerprint density at radius 3 is 2.30 bits per heavy atom. The number of thiazole rings is 1. The van der Waals surface area contributed by atoms with Crippen LogP contribution in [-0.4, -0.2) is 59.7 Å². The van der Waals surface area contributed by atoms with Crippen molar-refractivity contribution in [3.63, 3.8) is 0 Å². The molecule has 4 heterocycles. The summed E-state index contributed by atoms with van der Waals surface area (Å²) in [5, 5.41) is 1.00. The Morgan fingerprint density at radius 2 is 1.59 bits per heavy atom. The minimum absolute atomic E-state index is 0.0126. The van der Waals surface area contributed by atoms with Crippen molar-refractivity contribution in [1.82, 2.24) is 9.88 Å². The third-order valence-electron chi connectivity index (χ3n) is 10.4. The molecule has 2 aliphatic carbocycles. The first-order chi connectivity index (χ1) is 21.4. The van der Waals surface area contributed by atoms with Crippen molar-refractivity contribution in [1.29, 1.82) is 0 Å². The molecule has 3 aromatic rings. The number of hydrogen-bond donors (Lipinski definition) is 1. The number of carbonyl (C=O) groups excluding carboxylic acids is 3. The largest absolute Gasteiger partial charge is 0.497 e. The lowest BCUT2D eigenvalue weighted by Gasteiger charge is -2.43. The second-order valence-corrected chi connectivity index (χ2v) is 14.7. The molecule has 1 N–H and O–H groups in total. The van der Waals surface area contributed by atoms with Crippen LogP contribution in [0.15, 0.2) is 58.4 Å². The van der Waals surface area contributed by atoms with Crippen LogP contribution in [0.2, 0.25) is 0 Å². The Kier molecular flexibility index (Phi) is 6.86. The van der Waals surface area contributed by atoms with Crippen molar-refractivity contribution in [2.45, 2.75) is 41.9 Å². The molecule has 9 nitrogen and oxygen atoms in total. The van der Waals surface area contributed by atoms with Gasteiger partial charge in [0.05, 0.1) is 29.7 Å². The minimum atomic E-state index is -0.362. The van der Waals surface area contributed by atoms with Gasteiger partial charge in [-0.2, -0.15) is 0 Å². The number of thioether (sulfide) groups is 1. The number of rotatable bonds is 6. The van der Waals surface area contributed by atoms with Crippen molar-refractivity contribution >= 4 is 46.5 Å². The molecule has 7 atom stereocenters. The molecule has 4 fully saturated rings. The molecule has 0 radical (unpaired) electrons. The first-order valence-electron chi connectivity index (χ1n) is 15.3. The maximum atomic E-state index is 14.0. The third kappa shape index (κ3) is 4.34. The lowest BCUT2D eigenvalue weighted by molar-refractivity contribution is -0.134. The summed E-state index contributed by atoms with van der Waals surface area (Å²) in [5.41, 5.74) is 1.64. The average molecular weight is 632 g/mol. The number of aromatic nitrogens is 1. The van der Waals surface area contributed by atoms with Crippen LogP contribution in [0.3, 0.4) is 0 Å². The van der Waals surface area contributed by atoms with E-state index in [0.29, 0.717) is 17.2 Å². The summed E-state index contributed by atoms with van der Waals surface area (Å²) in [6.45, 7) is 1.60. The Bertz CT molecular complexity index is 1680. The van der Waals surface area contributed by atoms with E-state index in [1.807, 2.05) is 29.2 Å². The maximum absolute atomic E-state index is 14.0. The molecular weight excluding hydrogens is 599 g/mol. The van der Waals surface area contributed by atoms with Gasteiger partial charge in [-0.25, -0.2) is 0 Å². The summed E-state index contributed by atoms with van der Waals surface area (Å²) < 4.78 is 11.1. The van der Waals surface area contributed by atoms with Gasteiger partial charge in [-0.05, 0) is 85.4 Å². The number of carbonyl (C=O) groups is 3. The first kappa shape index (κ1) is 27.9. The zero-order chi connectivity index (χ0) is 30.1. The van der Waals surface area contributed by atoms with Crippen LogP contribution < -0.4 is 19.2 Å². The average Bonchev–Trinajstić information content (AvgIpc) is 3.79. The number of piperidine rings is 1. The zero-order valence-corrected chi connectivity index (χ0v) is 25.9. The van der Waals surface area contributed by atoms with Gasteiger partial charge in [0.25, 0.3) is 5.91 Å². The van der Waals surface area contributed by atoms with Gasteiger partial charge in [0.2, 0.25) is 11.8 Å². The smallest absolute Gasteiger partial charge is 0.305 e. The minimum Gasteiger partial charge on any atom is -0.497 e. The van der Waals surface area contributed by atoms with Crippen LogP contribution in [-0.2, 0) is 14.4 Å². The van der Waals surface area contributed by atoms with Gasteiger partial charge in [-0.3, -0.25) is 24.1 Å². The predicted octanol–water partition coefficient (Wildman–Crippen LogP) is 4.51. The van der Waals surface area contributed by atoms with Crippen LogP contribution in [0.1, 0.15) is 42.0 Å². The van der Waals surface area contributed by atoms with Crippen molar-refractivity contribution in [2.24, 2.45) is 29.6 Å². The number of amides is 3. The SMILES string of the molecule is COc1ccc(N2C(=O)[C@H]3[C@H]4C[C@@H]([C@@H]3C2=O)[C@@H]2[C@H](c3ccc(OCC(=O)N5CCCCC5)cc3)c3sc(=O)[nH]c3S[C@H]42)cc1. The molecule has 3 aliphatic heterocycles. The van der Waals surface area contributed by atoms with Gasteiger partial charge in [0, 0.05) is 29.1 Å². The summed E-state index contributed by atoms with van der Waals surface area (Å²) in [7, 11) is 1.59. The molecule has 5 aliphatic rings. The van der Waals surface area contributed by atoms with Crippen molar-refractivity contribution < 1.29 is 23.9 Å². The van der Waals surface area contributed by atoms with Crippen LogP contribution in [0.4, 0.5) is 5.69 Å². The maximum Gasteiger partial charge on any atom is 0.305 e. The number of methoxy groups -OCH3 is 1. The molecule has 228 valence electrons. The van der Waals surface area contributed by atoms with Gasteiger partial charge in [0.15, 0.2) is 6.61 Å². The van der Waals surface area contributed by atoms with Crippen LogP contribution in [0, 0.1) is 29.6 Å². The van der Waals surface area contributed by atoms with E-state index in [2.05, 4.69) is 4.98 Å². The Morgan fingerprint density at radius 1 is 0.909 bits per heavy atom. The second-order valence-electron chi connectivity index (χ2n) is 12.5. The van der Waals surface area contributed by atoms with Crippen molar-refractivity contribution in [3.05, 3.63) is 68.6 Å². The normalized spacial score (nSPS) is 30.2. The fourth-order valence-electron chi connectivity index (χ4n) is 8.53. The summed E-state index contributed by atoms with van der Waals surface area (Å²) in [5.74, 6) is 0.517. The van der Waals surface area contributed by atoms with Crippen molar-refractivity contribution in [2.75, 3.05) is 31.7 Å². The van der Waals surface area contributed by atoms with E-state index >= 15 is 0 Å². The number of nitrogens with zero attached hydrogens (tertiary/aromatic N) is 2. The lowest BCUT2D eigenvalue weighted by atomic mass is 9.68. The highest BCUT2D eigenvalue weighted by Crippen LogP contribution is 2.68. The number of likely N-dealkylation sites (tertiary alicyclic amines) is 1. The van der Waals surface area contributed by atoms with Crippen LogP contribution in [0.25, 0.3) is 0 Å². The molecule has 2 aromatic carbocycles. The van der Waals surface area contributed by atoms with E-state index in [0.717, 1.165) is 47.8 Å². The number of nitrogens with one attached hydrogen (secondary N) is 1. The first-order valence-corrected chi connectivity index (χ1v) is 17.0. The van der Waals surface area contributed by atoms with Gasteiger partial charge in [0.1, 0.15) is 11.5 Å². The van der Waals surface area contributed by atoms with E-state index in [1.165, 1.54) is 22.7 Å². The molecule has 3 amide bonds. The summed E-state index contributed by atoms with van der Waals surface area (Å²) in [6.07, 6.45) is 4.08. The molecule has 0 unspecified atom stereocenters. The van der Waals surface area contributed by atoms with Crippen molar-refractivity contribution in [3.8, 4) is 11.5 Å². The van der Waals surface area contributed by atoms with Gasteiger partial charge < -0.3 is 19.4 Å². The highest BCUT2D eigenvalue weighted by molar-refractivity contribution is 8.00. The number of anilines is 1. The molecule has 1 aromatic heterocycles. The quantitative estimate of drug-likeness (QED) is 0.399. The highest BCUT2D eigenvalue weighted by Gasteiger charge is 2.69. The summed E-state index contributed by atoms with van der Waals surface area (Å²) >= 11 is 2.93. The predicted molar refractivity (Wildman–Crippen MR) is 166 cm³/mol. The van der Waals surface area contributed by atoms with Gasteiger partial charge in [-0.1, -0.05) is 23.5 Å². The number of imide groups is 1.